The smallest absolute Gasteiger partial charge is 0.261 e. The minimum atomic E-state index is -2.39. The highest BCUT2D eigenvalue weighted by atomic mass is 19.3. The van der Waals surface area contributed by atoms with Crippen LogP contribution in [0.5, 0.6) is 0 Å². The molecule has 1 atom stereocenters. The van der Waals surface area contributed by atoms with E-state index >= 15 is 0 Å². The molecular weight excluding hydrogens is 238 g/mol. The summed E-state index contributed by atoms with van der Waals surface area (Å²) < 4.78 is 28.7. The molecular formula is C13H24F2N2O. The molecule has 0 bridgehead atoms. The minimum absolute atomic E-state index is 0.0563. The molecule has 0 saturated heterocycles. The monoisotopic (exact) mass is 262 g/mol. The van der Waals surface area contributed by atoms with E-state index in [1.165, 1.54) is 31.3 Å². The van der Waals surface area contributed by atoms with Crippen LogP contribution < -0.4 is 11.3 Å². The van der Waals surface area contributed by atoms with Gasteiger partial charge in [0.2, 0.25) is 0 Å². The van der Waals surface area contributed by atoms with Crippen LogP contribution >= 0.6 is 0 Å². The van der Waals surface area contributed by atoms with Crippen molar-refractivity contribution in [2.45, 2.75) is 57.4 Å². The van der Waals surface area contributed by atoms with Crippen molar-refractivity contribution in [3.05, 3.63) is 11.6 Å². The zero-order valence-electron chi connectivity index (χ0n) is 10.8. The third kappa shape index (κ3) is 6.42. The van der Waals surface area contributed by atoms with E-state index in [-0.39, 0.29) is 6.04 Å². The van der Waals surface area contributed by atoms with Crippen molar-refractivity contribution in [2.24, 2.45) is 5.84 Å². The van der Waals surface area contributed by atoms with E-state index < -0.39 is 13.0 Å². The van der Waals surface area contributed by atoms with Crippen molar-refractivity contribution >= 4 is 0 Å². The number of hydrogen-bond acceptors (Lipinski definition) is 3. The number of ether oxygens (including phenoxy) is 1. The molecule has 106 valence electrons. The summed E-state index contributed by atoms with van der Waals surface area (Å²) >= 11 is 0. The molecule has 0 heterocycles. The first-order valence-corrected chi connectivity index (χ1v) is 6.75. The van der Waals surface area contributed by atoms with Gasteiger partial charge >= 0.3 is 0 Å². The summed E-state index contributed by atoms with van der Waals surface area (Å²) in [6, 6.07) is 0.0563. The Bertz CT molecular complexity index is 247. The lowest BCUT2D eigenvalue weighted by Gasteiger charge is -2.21. The fourth-order valence-electron chi connectivity index (χ4n) is 2.28. The second-order valence-corrected chi connectivity index (χ2v) is 4.71. The Morgan fingerprint density at radius 3 is 2.78 bits per heavy atom. The molecule has 3 nitrogen and oxygen atoms in total. The van der Waals surface area contributed by atoms with E-state index in [9.17, 15) is 8.78 Å². The highest BCUT2D eigenvalue weighted by molar-refractivity contribution is 5.11. The highest BCUT2D eigenvalue weighted by Crippen LogP contribution is 2.20. The van der Waals surface area contributed by atoms with Gasteiger partial charge in [-0.1, -0.05) is 24.5 Å². The van der Waals surface area contributed by atoms with Gasteiger partial charge in [-0.2, -0.15) is 0 Å². The Kier molecular flexibility index (Phi) is 8.13. The van der Waals surface area contributed by atoms with Gasteiger partial charge in [0, 0.05) is 12.6 Å². The van der Waals surface area contributed by atoms with Gasteiger partial charge in [0.1, 0.15) is 6.61 Å². The maximum absolute atomic E-state index is 11.9. The molecule has 0 aromatic rings. The number of rotatable bonds is 7. The Morgan fingerprint density at radius 2 is 2.06 bits per heavy atom. The molecule has 1 unspecified atom stereocenters. The van der Waals surface area contributed by atoms with Crippen LogP contribution in [-0.2, 0) is 4.74 Å². The summed E-state index contributed by atoms with van der Waals surface area (Å²) in [5.74, 6) is 5.54. The van der Waals surface area contributed by atoms with Gasteiger partial charge in [0.15, 0.2) is 0 Å². The SMILES string of the molecule is NNC(CCOCC(F)F)C1=CCCCCCC1. The average Bonchev–Trinajstić information content (AvgIpc) is 2.30. The van der Waals surface area contributed by atoms with Crippen LogP contribution in [0.4, 0.5) is 8.78 Å². The Balaban J connectivity index is 2.33. The first-order valence-electron chi connectivity index (χ1n) is 6.75. The van der Waals surface area contributed by atoms with Gasteiger partial charge in [0.25, 0.3) is 6.43 Å². The molecule has 1 rings (SSSR count). The van der Waals surface area contributed by atoms with Crippen LogP contribution in [0.1, 0.15) is 44.9 Å². The Labute approximate surface area is 108 Å². The van der Waals surface area contributed by atoms with Crippen LogP contribution in [0, 0.1) is 0 Å². The molecule has 5 heteroatoms. The maximum Gasteiger partial charge on any atom is 0.261 e. The van der Waals surface area contributed by atoms with E-state index in [0.29, 0.717) is 13.0 Å². The molecule has 1 aliphatic carbocycles. The summed E-state index contributed by atoms with van der Waals surface area (Å²) in [7, 11) is 0. The number of hydrazine groups is 1. The van der Waals surface area contributed by atoms with Crippen molar-refractivity contribution < 1.29 is 13.5 Å². The van der Waals surface area contributed by atoms with Gasteiger partial charge in [-0.3, -0.25) is 11.3 Å². The van der Waals surface area contributed by atoms with Crippen LogP contribution in [0.25, 0.3) is 0 Å². The maximum atomic E-state index is 11.9. The lowest BCUT2D eigenvalue weighted by atomic mass is 9.94. The second-order valence-electron chi connectivity index (χ2n) is 4.71. The quantitative estimate of drug-likeness (QED) is 0.321. The number of nitrogens with two attached hydrogens (primary N) is 1. The topological polar surface area (TPSA) is 47.3 Å². The number of nitrogens with one attached hydrogen (secondary N) is 1. The fourth-order valence-corrected chi connectivity index (χ4v) is 2.28. The number of alkyl halides is 2. The van der Waals surface area contributed by atoms with Gasteiger partial charge < -0.3 is 4.74 Å². The summed E-state index contributed by atoms with van der Waals surface area (Å²) in [6.45, 7) is -0.174. The van der Waals surface area contributed by atoms with E-state index in [2.05, 4.69) is 11.5 Å². The molecule has 0 fully saturated rings. The van der Waals surface area contributed by atoms with Crippen LogP contribution in [0.15, 0.2) is 11.6 Å². The zero-order valence-corrected chi connectivity index (χ0v) is 10.8. The zero-order chi connectivity index (χ0) is 13.2. The molecule has 0 aromatic heterocycles. The van der Waals surface area contributed by atoms with Crippen LogP contribution in [0.3, 0.4) is 0 Å². The summed E-state index contributed by atoms with van der Waals surface area (Å²) in [6.07, 6.45) is 7.60. The third-order valence-electron chi connectivity index (χ3n) is 3.27. The average molecular weight is 262 g/mol. The van der Waals surface area contributed by atoms with Gasteiger partial charge in [-0.15, -0.1) is 0 Å². The van der Waals surface area contributed by atoms with Gasteiger partial charge in [0.05, 0.1) is 0 Å². The fraction of sp³-hybridized carbons (Fsp3) is 0.846. The summed E-state index contributed by atoms with van der Waals surface area (Å²) in [5.41, 5.74) is 4.08. The largest absolute Gasteiger partial charge is 0.375 e. The molecule has 3 N–H and O–H groups in total. The predicted molar refractivity (Wildman–Crippen MR) is 68.3 cm³/mol. The molecule has 0 radical (unpaired) electrons. The van der Waals surface area contributed by atoms with E-state index in [1.54, 1.807) is 0 Å². The van der Waals surface area contributed by atoms with Crippen molar-refractivity contribution in [1.29, 1.82) is 0 Å². The first kappa shape index (κ1) is 15.5. The molecule has 0 amide bonds. The normalized spacial score (nSPS) is 19.2. The molecule has 0 aromatic carbocycles. The number of allylic oxidation sites excluding steroid dienone is 1. The lowest BCUT2D eigenvalue weighted by Crippen LogP contribution is -2.37. The van der Waals surface area contributed by atoms with E-state index in [4.69, 9.17) is 10.6 Å². The highest BCUT2D eigenvalue weighted by Gasteiger charge is 2.14. The molecule has 0 aliphatic heterocycles. The van der Waals surface area contributed by atoms with Crippen molar-refractivity contribution in [2.75, 3.05) is 13.2 Å². The summed E-state index contributed by atoms with van der Waals surface area (Å²) in [4.78, 5) is 0. The molecule has 0 spiro atoms. The molecule has 0 saturated carbocycles. The van der Waals surface area contributed by atoms with Crippen molar-refractivity contribution in [1.82, 2.24) is 5.43 Å². The molecule has 1 aliphatic rings. The van der Waals surface area contributed by atoms with Crippen molar-refractivity contribution in [3.63, 3.8) is 0 Å². The van der Waals surface area contributed by atoms with Crippen LogP contribution in [-0.4, -0.2) is 25.7 Å². The van der Waals surface area contributed by atoms with Gasteiger partial charge in [-0.05, 0) is 32.1 Å². The number of hydrogen-bond donors (Lipinski definition) is 2. The van der Waals surface area contributed by atoms with Gasteiger partial charge in [-0.25, -0.2) is 8.78 Å². The first-order chi connectivity index (χ1) is 8.74. The minimum Gasteiger partial charge on any atom is -0.375 e. The third-order valence-corrected chi connectivity index (χ3v) is 3.27. The second kappa shape index (κ2) is 9.42. The standard InChI is InChI=1S/C13H24F2N2O/c14-13(15)10-18-9-8-12(17-16)11-6-4-2-1-3-5-7-11/h6,12-13,17H,1-5,7-10,16H2. The lowest BCUT2D eigenvalue weighted by molar-refractivity contribution is 0.0151. The Hall–Kier alpha value is -0.520. The predicted octanol–water partition coefficient (Wildman–Crippen LogP) is 2.77. The summed E-state index contributed by atoms with van der Waals surface area (Å²) in [5, 5.41) is 0. The van der Waals surface area contributed by atoms with E-state index in [0.717, 1.165) is 12.8 Å². The molecule has 18 heavy (non-hydrogen) atoms. The van der Waals surface area contributed by atoms with Crippen molar-refractivity contribution in [3.8, 4) is 0 Å². The van der Waals surface area contributed by atoms with Crippen LogP contribution in [0.2, 0.25) is 0 Å². The number of halogens is 2. The van der Waals surface area contributed by atoms with E-state index in [1.807, 2.05) is 0 Å². The Morgan fingerprint density at radius 1 is 1.28 bits per heavy atom.